The molecule has 1 atom stereocenters. The maximum absolute atomic E-state index is 14.1. The number of ether oxygens (including phenoxy) is 1. The van der Waals surface area contributed by atoms with Gasteiger partial charge < -0.3 is 30.1 Å². The van der Waals surface area contributed by atoms with Crippen molar-refractivity contribution >= 4 is 34.6 Å². The summed E-state index contributed by atoms with van der Waals surface area (Å²) >= 11 is 0. The molecule has 0 unspecified atom stereocenters. The van der Waals surface area contributed by atoms with Gasteiger partial charge in [0.05, 0.1) is 11.7 Å². The maximum atomic E-state index is 14.1. The number of urea groups is 1. The number of hydrogen-bond acceptors (Lipinski definition) is 6. The first-order valence-electron chi connectivity index (χ1n) is 17.5. The van der Waals surface area contributed by atoms with Crippen LogP contribution in [0.5, 0.6) is 0 Å². The molecule has 3 saturated heterocycles. The highest BCUT2D eigenvalue weighted by atomic mass is 16.6. The molecule has 3 aromatic rings. The summed E-state index contributed by atoms with van der Waals surface area (Å²) in [5.41, 5.74) is 4.96. The number of nitrogens with zero attached hydrogens (tertiary/aromatic N) is 4. The molecular formula is C36H47N7O4. The van der Waals surface area contributed by atoms with Crippen LogP contribution in [-0.4, -0.2) is 101 Å². The molecule has 1 aromatic heterocycles. The number of benzene rings is 2. The lowest BCUT2D eigenvalue weighted by atomic mass is 9.79. The summed E-state index contributed by atoms with van der Waals surface area (Å²) in [6, 6.07) is 12.0. The molecule has 250 valence electrons. The molecule has 47 heavy (non-hydrogen) atoms. The topological polar surface area (TPSA) is 123 Å². The molecule has 7 rings (SSSR count). The Kier molecular flexibility index (Phi) is 9.33. The average Bonchev–Trinajstić information content (AvgIpc) is 3.52. The molecule has 3 fully saturated rings. The van der Waals surface area contributed by atoms with Crippen molar-refractivity contribution in [2.45, 2.75) is 70.4 Å². The van der Waals surface area contributed by atoms with Gasteiger partial charge in [-0.25, -0.2) is 9.59 Å². The first-order chi connectivity index (χ1) is 22.9. The summed E-state index contributed by atoms with van der Waals surface area (Å²) in [6.45, 7) is 7.18. The first-order valence-corrected chi connectivity index (χ1v) is 17.5. The molecule has 4 aliphatic rings. The highest BCUT2D eigenvalue weighted by molar-refractivity contribution is 5.91. The molecule has 0 radical (unpaired) electrons. The Labute approximate surface area is 276 Å². The monoisotopic (exact) mass is 641 g/mol. The summed E-state index contributed by atoms with van der Waals surface area (Å²) in [6.07, 6.45) is 7.27. The highest BCUT2D eigenvalue weighted by Gasteiger charge is 2.36. The fraction of sp³-hybridized carbons (Fsp3) is 0.556. The van der Waals surface area contributed by atoms with Crippen molar-refractivity contribution in [2.75, 3.05) is 51.1 Å². The molecule has 2 aromatic carbocycles. The number of carbonyl (C=O) groups excluding carboxylic acids is 3. The van der Waals surface area contributed by atoms with Gasteiger partial charge in [-0.2, -0.15) is 5.10 Å². The van der Waals surface area contributed by atoms with E-state index in [9.17, 15) is 14.4 Å². The number of hydrogen-bond donors (Lipinski definition) is 3. The summed E-state index contributed by atoms with van der Waals surface area (Å²) in [5.74, 6) is 1.27. The number of rotatable bonds is 6. The number of piperidine rings is 3. The second-order valence-electron chi connectivity index (χ2n) is 13.8. The van der Waals surface area contributed by atoms with Gasteiger partial charge in [-0.3, -0.25) is 9.89 Å². The third-order valence-corrected chi connectivity index (χ3v) is 11.0. The number of aryl methyl sites for hydroxylation is 1. The van der Waals surface area contributed by atoms with Crippen molar-refractivity contribution in [3.8, 4) is 0 Å². The van der Waals surface area contributed by atoms with Gasteiger partial charge >= 0.3 is 12.1 Å². The zero-order valence-corrected chi connectivity index (χ0v) is 27.4. The van der Waals surface area contributed by atoms with Crippen LogP contribution < -0.4 is 10.6 Å². The van der Waals surface area contributed by atoms with Crippen LogP contribution in [0.25, 0.3) is 10.9 Å². The van der Waals surface area contributed by atoms with E-state index in [1.807, 2.05) is 47.1 Å². The van der Waals surface area contributed by atoms with Crippen molar-refractivity contribution in [1.82, 2.24) is 30.2 Å². The normalized spacial score (nSPS) is 20.9. The number of amides is 4. The number of anilines is 1. The van der Waals surface area contributed by atoms with E-state index in [1.54, 1.807) is 11.1 Å². The fourth-order valence-corrected chi connectivity index (χ4v) is 8.23. The van der Waals surface area contributed by atoms with Crippen LogP contribution in [0, 0.1) is 18.8 Å². The lowest BCUT2D eigenvalue weighted by Crippen LogP contribution is -2.52. The minimum absolute atomic E-state index is 0.0386. The molecule has 4 amide bonds. The molecule has 11 heteroatoms. The zero-order valence-electron chi connectivity index (χ0n) is 27.4. The minimum Gasteiger partial charge on any atom is -0.436 e. The minimum atomic E-state index is -0.908. The Morgan fingerprint density at radius 1 is 0.936 bits per heavy atom. The van der Waals surface area contributed by atoms with Crippen molar-refractivity contribution in [3.05, 3.63) is 59.3 Å². The van der Waals surface area contributed by atoms with Crippen LogP contribution in [-0.2, 0) is 22.4 Å². The second kappa shape index (κ2) is 13.9. The number of aromatic nitrogens is 2. The number of nitrogens with one attached hydrogen (secondary N) is 3. The standard InChI is InChI=1S/C36H47N7O4/c1-24-20-25(21-29-23-38-40-33(24)29)22-32(34(44)41-15-8-27(9-16-41)26-6-13-37-14-7-26)47-36(46)42-17-11-30(12-18-42)43-19-10-28-4-2-3-5-31(28)39-35(43)45/h2-5,20-21,23,26-27,30,32,37H,6-19,22H2,1H3,(H,38,40)(H,39,45)/t32-/m1/s1. The van der Waals surface area contributed by atoms with Gasteiger partial charge in [0.1, 0.15) is 0 Å². The predicted octanol–water partition coefficient (Wildman–Crippen LogP) is 4.71. The van der Waals surface area contributed by atoms with Gasteiger partial charge in [-0.1, -0.05) is 24.3 Å². The summed E-state index contributed by atoms with van der Waals surface area (Å²) in [7, 11) is 0. The third-order valence-electron chi connectivity index (χ3n) is 11.0. The number of fused-ring (bicyclic) bond motifs is 2. The van der Waals surface area contributed by atoms with Crippen LogP contribution in [0.2, 0.25) is 0 Å². The summed E-state index contributed by atoms with van der Waals surface area (Å²) < 4.78 is 6.12. The van der Waals surface area contributed by atoms with E-state index in [0.717, 1.165) is 71.6 Å². The van der Waals surface area contributed by atoms with E-state index in [1.165, 1.54) is 12.8 Å². The van der Waals surface area contributed by atoms with Crippen LogP contribution in [0.3, 0.4) is 0 Å². The molecule has 5 heterocycles. The Morgan fingerprint density at radius 2 is 1.66 bits per heavy atom. The molecule has 0 saturated carbocycles. The second-order valence-corrected chi connectivity index (χ2v) is 13.8. The average molecular weight is 642 g/mol. The number of carbonyl (C=O) groups is 3. The fourth-order valence-electron chi connectivity index (χ4n) is 8.23. The predicted molar refractivity (Wildman–Crippen MR) is 180 cm³/mol. The number of likely N-dealkylation sites (tertiary alicyclic amines) is 2. The molecular weight excluding hydrogens is 594 g/mol. The lowest BCUT2D eigenvalue weighted by molar-refractivity contribution is -0.142. The third kappa shape index (κ3) is 6.95. The van der Waals surface area contributed by atoms with Crippen LogP contribution >= 0.6 is 0 Å². The van der Waals surface area contributed by atoms with Gasteiger partial charge in [0, 0.05) is 56.3 Å². The van der Waals surface area contributed by atoms with Crippen LogP contribution in [0.15, 0.2) is 42.6 Å². The smallest absolute Gasteiger partial charge is 0.410 e. The Hall–Kier alpha value is -4.12. The summed E-state index contributed by atoms with van der Waals surface area (Å²) in [4.78, 5) is 46.4. The van der Waals surface area contributed by atoms with Crippen LogP contribution in [0.1, 0.15) is 55.2 Å². The Morgan fingerprint density at radius 3 is 2.45 bits per heavy atom. The van der Waals surface area contributed by atoms with Crippen LogP contribution in [0.4, 0.5) is 15.3 Å². The van der Waals surface area contributed by atoms with E-state index in [0.29, 0.717) is 57.9 Å². The lowest BCUT2D eigenvalue weighted by Gasteiger charge is -2.39. The SMILES string of the molecule is Cc1cc(C[C@@H](OC(=O)N2CCC(N3CCc4ccccc4NC3=O)CC2)C(=O)N2CCC(C3CCNCC3)CC2)cc2cn[nH]c12. The molecule has 0 aliphatic carbocycles. The number of aromatic amines is 1. The largest absolute Gasteiger partial charge is 0.436 e. The van der Waals surface area contributed by atoms with E-state index in [4.69, 9.17) is 4.74 Å². The van der Waals surface area contributed by atoms with Gasteiger partial charge in [-0.15, -0.1) is 0 Å². The maximum Gasteiger partial charge on any atom is 0.410 e. The number of para-hydroxylation sites is 1. The molecule has 4 aliphatic heterocycles. The first kappa shape index (κ1) is 31.5. The van der Waals surface area contributed by atoms with E-state index in [-0.39, 0.29) is 18.0 Å². The summed E-state index contributed by atoms with van der Waals surface area (Å²) in [5, 5.41) is 14.7. The zero-order chi connectivity index (χ0) is 32.3. The van der Waals surface area contributed by atoms with Crippen molar-refractivity contribution in [1.29, 1.82) is 0 Å². The van der Waals surface area contributed by atoms with Gasteiger partial charge in [-0.05, 0) is 106 Å². The Bertz CT molecular complexity index is 1580. The molecule has 3 N–H and O–H groups in total. The van der Waals surface area contributed by atoms with E-state index < -0.39 is 12.2 Å². The quantitative estimate of drug-likeness (QED) is 0.358. The van der Waals surface area contributed by atoms with E-state index >= 15 is 0 Å². The highest BCUT2D eigenvalue weighted by Crippen LogP contribution is 2.32. The van der Waals surface area contributed by atoms with E-state index in [2.05, 4.69) is 26.9 Å². The van der Waals surface area contributed by atoms with Crippen molar-refractivity contribution < 1.29 is 19.1 Å². The Balaban J connectivity index is 1.00. The van der Waals surface area contributed by atoms with Crippen molar-refractivity contribution in [3.63, 3.8) is 0 Å². The molecule has 0 bridgehead atoms. The van der Waals surface area contributed by atoms with Gasteiger partial charge in [0.2, 0.25) is 0 Å². The van der Waals surface area contributed by atoms with Gasteiger partial charge in [0.15, 0.2) is 6.10 Å². The molecule has 11 nitrogen and oxygen atoms in total. The van der Waals surface area contributed by atoms with Gasteiger partial charge in [0.25, 0.3) is 5.91 Å². The molecule has 0 spiro atoms. The van der Waals surface area contributed by atoms with Crippen molar-refractivity contribution in [2.24, 2.45) is 11.8 Å². The number of H-pyrrole nitrogens is 1.